The number of rotatable bonds is 10. The monoisotopic (exact) mass is 420 g/mol. The van der Waals surface area contributed by atoms with Gasteiger partial charge in [0.15, 0.2) is 11.0 Å². The minimum atomic E-state index is -0.105. The van der Waals surface area contributed by atoms with Crippen LogP contribution >= 0.6 is 23.4 Å². The molecule has 2 aromatic heterocycles. The van der Waals surface area contributed by atoms with Crippen molar-refractivity contribution in [1.82, 2.24) is 20.1 Å². The van der Waals surface area contributed by atoms with E-state index in [-0.39, 0.29) is 11.7 Å². The standard InChI is InChI=1S/C19H21ClN4O3S/c1-26-10-5-9-24-18(15-7-2-3-8-16(15)20)22-23-19(24)28-13-17(25)21-12-14-6-4-11-27-14/h2-4,6-8,11H,5,9-10,12-13H2,1H3,(H,21,25). The fourth-order valence-electron chi connectivity index (χ4n) is 2.59. The van der Waals surface area contributed by atoms with Gasteiger partial charge in [-0.2, -0.15) is 0 Å². The number of aromatic nitrogens is 3. The minimum absolute atomic E-state index is 0.105. The molecule has 3 aromatic rings. The summed E-state index contributed by atoms with van der Waals surface area (Å²) >= 11 is 7.67. The number of furan rings is 1. The number of thioether (sulfide) groups is 1. The number of carbonyl (C=O) groups is 1. The van der Waals surface area contributed by atoms with Gasteiger partial charge in [0.05, 0.1) is 23.6 Å². The number of benzene rings is 1. The van der Waals surface area contributed by atoms with Crippen molar-refractivity contribution < 1.29 is 13.9 Å². The average Bonchev–Trinajstić information content (AvgIpc) is 3.35. The second kappa shape index (κ2) is 10.3. The molecular weight excluding hydrogens is 400 g/mol. The van der Waals surface area contributed by atoms with Crippen LogP contribution in [0.4, 0.5) is 0 Å². The van der Waals surface area contributed by atoms with Crippen molar-refractivity contribution in [1.29, 1.82) is 0 Å². The number of nitrogens with zero attached hydrogens (tertiary/aromatic N) is 3. The highest BCUT2D eigenvalue weighted by Crippen LogP contribution is 2.29. The molecule has 0 saturated heterocycles. The lowest BCUT2D eigenvalue weighted by molar-refractivity contribution is -0.118. The number of hydrogen-bond donors (Lipinski definition) is 1. The fraction of sp³-hybridized carbons (Fsp3) is 0.316. The zero-order valence-electron chi connectivity index (χ0n) is 15.4. The van der Waals surface area contributed by atoms with Crippen LogP contribution < -0.4 is 5.32 Å². The maximum atomic E-state index is 12.1. The second-order valence-electron chi connectivity index (χ2n) is 5.93. The molecule has 0 unspecified atom stereocenters. The topological polar surface area (TPSA) is 82.2 Å². The maximum absolute atomic E-state index is 12.1. The van der Waals surface area contributed by atoms with E-state index >= 15 is 0 Å². The van der Waals surface area contributed by atoms with E-state index in [0.717, 1.165) is 12.0 Å². The van der Waals surface area contributed by atoms with Gasteiger partial charge in [0.25, 0.3) is 0 Å². The van der Waals surface area contributed by atoms with E-state index in [4.69, 9.17) is 20.8 Å². The van der Waals surface area contributed by atoms with Crippen LogP contribution in [-0.2, 0) is 22.6 Å². The van der Waals surface area contributed by atoms with Crippen LogP contribution in [0.1, 0.15) is 12.2 Å². The van der Waals surface area contributed by atoms with Crippen LogP contribution in [0.3, 0.4) is 0 Å². The highest BCUT2D eigenvalue weighted by atomic mass is 35.5. The van der Waals surface area contributed by atoms with Gasteiger partial charge in [-0.15, -0.1) is 10.2 Å². The molecule has 0 aliphatic heterocycles. The van der Waals surface area contributed by atoms with Gasteiger partial charge in [-0.3, -0.25) is 4.79 Å². The lowest BCUT2D eigenvalue weighted by Crippen LogP contribution is -2.24. The van der Waals surface area contributed by atoms with Crippen molar-refractivity contribution >= 4 is 29.3 Å². The number of amides is 1. The molecule has 7 nitrogen and oxygen atoms in total. The van der Waals surface area contributed by atoms with E-state index in [1.165, 1.54) is 11.8 Å². The summed E-state index contributed by atoms with van der Waals surface area (Å²) in [6, 6.07) is 11.1. The number of halogens is 1. The molecule has 2 heterocycles. The zero-order valence-corrected chi connectivity index (χ0v) is 17.0. The van der Waals surface area contributed by atoms with Crippen LogP contribution in [0, 0.1) is 0 Å². The first-order chi connectivity index (χ1) is 13.7. The predicted octanol–water partition coefficient (Wildman–Crippen LogP) is 3.64. The van der Waals surface area contributed by atoms with Gasteiger partial charge in [0.2, 0.25) is 5.91 Å². The Labute approximate surface area is 172 Å². The molecule has 1 N–H and O–H groups in total. The van der Waals surface area contributed by atoms with Gasteiger partial charge in [-0.1, -0.05) is 35.5 Å². The molecule has 0 bridgehead atoms. The molecule has 1 aromatic carbocycles. The third-order valence-electron chi connectivity index (χ3n) is 3.93. The Morgan fingerprint density at radius 1 is 1.29 bits per heavy atom. The summed E-state index contributed by atoms with van der Waals surface area (Å²) in [4.78, 5) is 12.1. The van der Waals surface area contributed by atoms with Gasteiger partial charge in [-0.25, -0.2) is 0 Å². The molecule has 1 amide bonds. The van der Waals surface area contributed by atoms with Crippen molar-refractivity contribution in [2.45, 2.75) is 24.7 Å². The lowest BCUT2D eigenvalue weighted by Gasteiger charge is -2.11. The zero-order chi connectivity index (χ0) is 19.8. The molecular formula is C19H21ClN4O3S. The maximum Gasteiger partial charge on any atom is 0.230 e. The van der Waals surface area contributed by atoms with Crippen LogP contribution in [0.2, 0.25) is 5.02 Å². The van der Waals surface area contributed by atoms with Crippen LogP contribution in [0.15, 0.2) is 52.2 Å². The molecule has 0 aliphatic carbocycles. The molecule has 148 valence electrons. The smallest absolute Gasteiger partial charge is 0.230 e. The molecule has 0 spiro atoms. The number of carbonyl (C=O) groups excluding carboxylic acids is 1. The molecule has 0 fully saturated rings. The quantitative estimate of drug-likeness (QED) is 0.398. The summed E-state index contributed by atoms with van der Waals surface area (Å²) in [5.41, 5.74) is 0.809. The Morgan fingerprint density at radius 3 is 2.89 bits per heavy atom. The van der Waals surface area contributed by atoms with Crippen molar-refractivity contribution in [2.75, 3.05) is 19.5 Å². The molecule has 28 heavy (non-hydrogen) atoms. The second-order valence-corrected chi connectivity index (χ2v) is 7.28. The van der Waals surface area contributed by atoms with Crippen LogP contribution in [-0.4, -0.2) is 40.1 Å². The van der Waals surface area contributed by atoms with Gasteiger partial charge in [0, 0.05) is 25.8 Å². The van der Waals surface area contributed by atoms with Gasteiger partial charge in [0.1, 0.15) is 5.76 Å². The number of hydrogen-bond acceptors (Lipinski definition) is 6. The third-order valence-corrected chi connectivity index (χ3v) is 5.23. The lowest BCUT2D eigenvalue weighted by atomic mass is 10.2. The van der Waals surface area contributed by atoms with Gasteiger partial charge < -0.3 is 19.0 Å². The molecule has 0 atom stereocenters. The van der Waals surface area contributed by atoms with Crippen molar-refractivity contribution in [2.24, 2.45) is 0 Å². The SMILES string of the molecule is COCCCn1c(SCC(=O)NCc2ccco2)nnc1-c1ccccc1Cl. The number of methoxy groups -OCH3 is 1. The normalized spacial score (nSPS) is 10.9. The number of ether oxygens (including phenoxy) is 1. The minimum Gasteiger partial charge on any atom is -0.467 e. The first-order valence-electron chi connectivity index (χ1n) is 8.78. The molecule has 0 radical (unpaired) electrons. The van der Waals surface area contributed by atoms with Crippen molar-refractivity contribution in [3.8, 4) is 11.4 Å². The van der Waals surface area contributed by atoms with E-state index in [1.54, 1.807) is 19.4 Å². The van der Waals surface area contributed by atoms with E-state index in [0.29, 0.717) is 41.5 Å². The summed E-state index contributed by atoms with van der Waals surface area (Å²) in [5, 5.41) is 12.7. The average molecular weight is 421 g/mol. The molecule has 0 aliphatic rings. The van der Waals surface area contributed by atoms with Crippen LogP contribution in [0.5, 0.6) is 0 Å². The van der Waals surface area contributed by atoms with Crippen LogP contribution in [0.25, 0.3) is 11.4 Å². The first-order valence-corrected chi connectivity index (χ1v) is 10.1. The Balaban J connectivity index is 1.69. The Kier molecular flexibility index (Phi) is 7.53. The summed E-state index contributed by atoms with van der Waals surface area (Å²) in [6.45, 7) is 1.64. The molecule has 9 heteroatoms. The Hall–Kier alpha value is -2.29. The summed E-state index contributed by atoms with van der Waals surface area (Å²) in [7, 11) is 1.67. The van der Waals surface area contributed by atoms with E-state index in [1.807, 2.05) is 34.9 Å². The summed E-state index contributed by atoms with van der Waals surface area (Å²) in [5.74, 6) is 1.51. The highest BCUT2D eigenvalue weighted by Gasteiger charge is 2.17. The number of nitrogens with one attached hydrogen (secondary N) is 1. The Morgan fingerprint density at radius 2 is 2.14 bits per heavy atom. The van der Waals surface area contributed by atoms with E-state index in [9.17, 15) is 4.79 Å². The molecule has 0 saturated carbocycles. The summed E-state index contributed by atoms with van der Waals surface area (Å²) in [6.07, 6.45) is 2.37. The highest BCUT2D eigenvalue weighted by molar-refractivity contribution is 7.99. The first kappa shape index (κ1) is 20.4. The van der Waals surface area contributed by atoms with Gasteiger partial charge >= 0.3 is 0 Å². The Bertz CT molecular complexity index is 898. The summed E-state index contributed by atoms with van der Waals surface area (Å²) < 4.78 is 12.3. The van der Waals surface area contributed by atoms with E-state index < -0.39 is 0 Å². The molecule has 3 rings (SSSR count). The predicted molar refractivity (Wildman–Crippen MR) is 108 cm³/mol. The largest absolute Gasteiger partial charge is 0.467 e. The van der Waals surface area contributed by atoms with Gasteiger partial charge in [-0.05, 0) is 30.7 Å². The van der Waals surface area contributed by atoms with Crippen molar-refractivity contribution in [3.63, 3.8) is 0 Å². The fourth-order valence-corrected chi connectivity index (χ4v) is 3.60. The van der Waals surface area contributed by atoms with Crippen molar-refractivity contribution in [3.05, 3.63) is 53.4 Å². The third kappa shape index (κ3) is 5.37. The van der Waals surface area contributed by atoms with E-state index in [2.05, 4.69) is 15.5 Å².